The Morgan fingerprint density at radius 2 is 2.13 bits per heavy atom. The Hall–Kier alpha value is -2.08. The van der Waals surface area contributed by atoms with Gasteiger partial charge in [0.15, 0.2) is 0 Å². The minimum absolute atomic E-state index is 0.0607. The molecule has 23 heavy (non-hydrogen) atoms. The van der Waals surface area contributed by atoms with Gasteiger partial charge >= 0.3 is 6.03 Å². The van der Waals surface area contributed by atoms with Gasteiger partial charge in [0.2, 0.25) is 5.91 Å². The molecule has 0 bridgehead atoms. The van der Waals surface area contributed by atoms with Crippen LogP contribution in [0.3, 0.4) is 0 Å². The van der Waals surface area contributed by atoms with Crippen molar-refractivity contribution in [1.82, 2.24) is 15.5 Å². The molecule has 1 saturated heterocycles. The van der Waals surface area contributed by atoms with Gasteiger partial charge in [0, 0.05) is 13.1 Å². The van der Waals surface area contributed by atoms with Crippen molar-refractivity contribution in [2.24, 2.45) is 11.7 Å². The van der Waals surface area contributed by atoms with Crippen LogP contribution in [-0.2, 0) is 4.79 Å². The van der Waals surface area contributed by atoms with Crippen LogP contribution in [0.5, 0.6) is 0 Å². The highest BCUT2D eigenvalue weighted by Crippen LogP contribution is 2.23. The van der Waals surface area contributed by atoms with Crippen molar-refractivity contribution < 1.29 is 9.59 Å². The summed E-state index contributed by atoms with van der Waals surface area (Å²) in [5.41, 5.74) is 7.26. The molecule has 0 spiro atoms. The average molecular weight is 318 g/mol. The van der Waals surface area contributed by atoms with E-state index in [4.69, 9.17) is 5.73 Å². The summed E-state index contributed by atoms with van der Waals surface area (Å²) >= 11 is 0. The Balaban J connectivity index is 2.05. The van der Waals surface area contributed by atoms with Crippen LogP contribution in [0, 0.1) is 12.8 Å². The van der Waals surface area contributed by atoms with Crippen LogP contribution in [0.2, 0.25) is 0 Å². The maximum atomic E-state index is 12.6. The van der Waals surface area contributed by atoms with Crippen LogP contribution in [0.4, 0.5) is 4.79 Å². The molecule has 1 aliphatic rings. The smallest absolute Gasteiger partial charge is 0.312 e. The normalized spacial score (nSPS) is 18.7. The number of urea groups is 1. The van der Waals surface area contributed by atoms with Crippen LogP contribution in [0.1, 0.15) is 30.0 Å². The first kappa shape index (κ1) is 17.3. The monoisotopic (exact) mass is 318 g/mol. The molecule has 1 aromatic carbocycles. The summed E-state index contributed by atoms with van der Waals surface area (Å²) in [6.45, 7) is 4.44. The molecule has 0 aliphatic carbocycles. The number of likely N-dealkylation sites (tertiary alicyclic amines) is 1. The summed E-state index contributed by atoms with van der Waals surface area (Å²) in [6, 6.07) is 6.74. The number of benzene rings is 1. The van der Waals surface area contributed by atoms with E-state index in [1.807, 2.05) is 43.1 Å². The molecular weight excluding hydrogens is 292 g/mol. The van der Waals surface area contributed by atoms with Crippen molar-refractivity contribution in [2.75, 3.05) is 26.7 Å². The lowest BCUT2D eigenvalue weighted by Crippen LogP contribution is -2.38. The molecule has 0 aromatic heterocycles. The van der Waals surface area contributed by atoms with Gasteiger partial charge in [0.25, 0.3) is 0 Å². The Bertz CT molecular complexity index is 561. The molecule has 2 atom stereocenters. The molecular formula is C17H26N4O2. The molecule has 2 rings (SSSR count). The van der Waals surface area contributed by atoms with Crippen LogP contribution in [-0.4, -0.2) is 43.5 Å². The van der Waals surface area contributed by atoms with Gasteiger partial charge in [-0.3, -0.25) is 4.79 Å². The largest absolute Gasteiger partial charge is 0.352 e. The summed E-state index contributed by atoms with van der Waals surface area (Å²) in [5, 5.41) is 5.86. The molecule has 1 fully saturated rings. The van der Waals surface area contributed by atoms with Crippen LogP contribution < -0.4 is 16.4 Å². The number of carbonyl (C=O) groups excluding carboxylic acids is 2. The second kappa shape index (κ2) is 7.97. The summed E-state index contributed by atoms with van der Waals surface area (Å²) in [6.07, 6.45) is 1.25. The Labute approximate surface area is 137 Å². The van der Waals surface area contributed by atoms with Crippen LogP contribution in [0.15, 0.2) is 24.3 Å². The predicted octanol–water partition coefficient (Wildman–Crippen LogP) is 1.16. The Morgan fingerprint density at radius 3 is 2.78 bits per heavy atom. The quantitative estimate of drug-likeness (QED) is 0.735. The number of carbonyl (C=O) groups is 2. The number of nitrogens with one attached hydrogen (secondary N) is 2. The Kier molecular flexibility index (Phi) is 5.98. The first-order valence-corrected chi connectivity index (χ1v) is 8.05. The van der Waals surface area contributed by atoms with Gasteiger partial charge in [0.05, 0.1) is 12.5 Å². The number of nitrogens with zero attached hydrogens (tertiary/aromatic N) is 1. The number of hydrogen-bond acceptors (Lipinski definition) is 3. The third kappa shape index (κ3) is 4.69. The highest BCUT2D eigenvalue weighted by molar-refractivity contribution is 5.79. The van der Waals surface area contributed by atoms with E-state index < -0.39 is 6.03 Å². The number of hydrogen-bond donors (Lipinski definition) is 3. The van der Waals surface area contributed by atoms with Crippen molar-refractivity contribution in [3.05, 3.63) is 35.4 Å². The van der Waals surface area contributed by atoms with Crippen molar-refractivity contribution in [3.8, 4) is 0 Å². The van der Waals surface area contributed by atoms with Crippen LogP contribution >= 0.6 is 0 Å². The van der Waals surface area contributed by atoms with Crippen molar-refractivity contribution in [2.45, 2.75) is 25.8 Å². The fourth-order valence-electron chi connectivity index (χ4n) is 3.21. The van der Waals surface area contributed by atoms with E-state index in [9.17, 15) is 9.59 Å². The van der Waals surface area contributed by atoms with Crippen LogP contribution in [0.25, 0.3) is 0 Å². The highest BCUT2D eigenvalue weighted by atomic mass is 16.2. The second-order valence-corrected chi connectivity index (χ2v) is 6.17. The molecule has 6 nitrogen and oxygen atoms in total. The van der Waals surface area contributed by atoms with E-state index >= 15 is 0 Å². The molecule has 1 aliphatic heterocycles. The number of primary amides is 1. The molecule has 1 aromatic rings. The fourth-order valence-corrected chi connectivity index (χ4v) is 3.21. The SMILES string of the molecule is CNC[C@H]1CCN(C(=O)C[C@H](NC(N)=O)c2ccccc2C)C1. The number of nitrogens with two attached hydrogens (primary N) is 1. The molecule has 0 unspecified atom stereocenters. The number of aryl methyl sites for hydroxylation is 1. The zero-order valence-electron chi connectivity index (χ0n) is 13.8. The van der Waals surface area contributed by atoms with Gasteiger partial charge in [-0.2, -0.15) is 0 Å². The lowest BCUT2D eigenvalue weighted by molar-refractivity contribution is -0.130. The van der Waals surface area contributed by atoms with Gasteiger partial charge < -0.3 is 21.3 Å². The molecule has 0 saturated carbocycles. The number of amides is 3. The van der Waals surface area contributed by atoms with Gasteiger partial charge in [0.1, 0.15) is 0 Å². The topological polar surface area (TPSA) is 87.5 Å². The lowest BCUT2D eigenvalue weighted by atomic mass is 9.98. The van der Waals surface area contributed by atoms with Crippen molar-refractivity contribution >= 4 is 11.9 Å². The van der Waals surface area contributed by atoms with E-state index in [1.165, 1.54) is 0 Å². The minimum Gasteiger partial charge on any atom is -0.352 e. The summed E-state index contributed by atoms with van der Waals surface area (Å²) in [4.78, 5) is 25.8. The fraction of sp³-hybridized carbons (Fsp3) is 0.529. The van der Waals surface area contributed by atoms with Crippen molar-refractivity contribution in [3.63, 3.8) is 0 Å². The molecule has 1 heterocycles. The molecule has 126 valence electrons. The zero-order chi connectivity index (χ0) is 16.8. The summed E-state index contributed by atoms with van der Waals surface area (Å²) in [7, 11) is 1.93. The average Bonchev–Trinajstić information content (AvgIpc) is 2.96. The Morgan fingerprint density at radius 1 is 1.39 bits per heavy atom. The second-order valence-electron chi connectivity index (χ2n) is 6.17. The maximum Gasteiger partial charge on any atom is 0.312 e. The van der Waals surface area contributed by atoms with E-state index in [0.717, 1.165) is 37.2 Å². The van der Waals surface area contributed by atoms with E-state index in [-0.39, 0.29) is 18.4 Å². The van der Waals surface area contributed by atoms with E-state index in [1.54, 1.807) is 0 Å². The summed E-state index contributed by atoms with van der Waals surface area (Å²) < 4.78 is 0. The van der Waals surface area contributed by atoms with Gasteiger partial charge in [-0.1, -0.05) is 24.3 Å². The lowest BCUT2D eigenvalue weighted by Gasteiger charge is -2.23. The minimum atomic E-state index is -0.611. The van der Waals surface area contributed by atoms with Gasteiger partial charge in [-0.05, 0) is 44.0 Å². The maximum absolute atomic E-state index is 12.6. The molecule has 0 radical (unpaired) electrons. The van der Waals surface area contributed by atoms with E-state index in [0.29, 0.717) is 5.92 Å². The first-order chi connectivity index (χ1) is 11.0. The number of rotatable bonds is 6. The van der Waals surface area contributed by atoms with Gasteiger partial charge in [-0.25, -0.2) is 4.79 Å². The zero-order valence-corrected chi connectivity index (χ0v) is 13.8. The highest BCUT2D eigenvalue weighted by Gasteiger charge is 2.28. The standard InChI is InChI=1S/C17H26N4O2/c1-12-5-3-4-6-14(12)15(20-17(18)23)9-16(22)21-8-7-13(11-21)10-19-2/h3-6,13,15,19H,7-11H2,1-2H3,(H3,18,20,23)/t13-,15+/m1/s1. The predicted molar refractivity (Wildman–Crippen MR) is 89.9 cm³/mol. The van der Waals surface area contributed by atoms with Crippen molar-refractivity contribution in [1.29, 1.82) is 0 Å². The van der Waals surface area contributed by atoms with E-state index in [2.05, 4.69) is 10.6 Å². The van der Waals surface area contributed by atoms with Gasteiger partial charge in [-0.15, -0.1) is 0 Å². The molecule has 3 amide bonds. The third-order valence-electron chi connectivity index (χ3n) is 4.39. The molecule has 6 heteroatoms. The summed E-state index contributed by atoms with van der Waals surface area (Å²) in [5.74, 6) is 0.565. The third-order valence-corrected chi connectivity index (χ3v) is 4.39. The first-order valence-electron chi connectivity index (χ1n) is 8.05. The molecule has 4 N–H and O–H groups in total.